The van der Waals surface area contributed by atoms with Crippen molar-refractivity contribution in [2.75, 3.05) is 12.4 Å². The number of amides is 1. The molecule has 0 aliphatic rings. The molecule has 0 bridgehead atoms. The highest BCUT2D eigenvalue weighted by molar-refractivity contribution is 7.11. The SMILES string of the molecule is CNC(=O)c1cccnc1NCc1nc(C)sc1C. The number of nitrogens with zero attached hydrogens (tertiary/aromatic N) is 2. The van der Waals surface area contributed by atoms with Gasteiger partial charge in [0.15, 0.2) is 0 Å². The maximum absolute atomic E-state index is 11.7. The molecule has 19 heavy (non-hydrogen) atoms. The molecule has 0 aliphatic carbocycles. The molecule has 100 valence electrons. The first kappa shape index (κ1) is 13.5. The summed E-state index contributed by atoms with van der Waals surface area (Å²) >= 11 is 1.67. The summed E-state index contributed by atoms with van der Waals surface area (Å²) in [6.07, 6.45) is 1.66. The number of pyridine rings is 1. The van der Waals surface area contributed by atoms with Gasteiger partial charge in [0.25, 0.3) is 5.91 Å². The third-order valence-corrected chi connectivity index (χ3v) is 3.63. The van der Waals surface area contributed by atoms with Crippen molar-refractivity contribution in [1.82, 2.24) is 15.3 Å². The summed E-state index contributed by atoms with van der Waals surface area (Å²) < 4.78 is 0. The Labute approximate surface area is 116 Å². The molecule has 2 heterocycles. The summed E-state index contributed by atoms with van der Waals surface area (Å²) in [6, 6.07) is 3.49. The van der Waals surface area contributed by atoms with Gasteiger partial charge in [-0.2, -0.15) is 0 Å². The molecule has 0 atom stereocenters. The van der Waals surface area contributed by atoms with Crippen LogP contribution in [-0.4, -0.2) is 22.9 Å². The Morgan fingerprint density at radius 2 is 2.21 bits per heavy atom. The van der Waals surface area contributed by atoms with Gasteiger partial charge in [0.1, 0.15) is 5.82 Å². The Morgan fingerprint density at radius 1 is 1.42 bits per heavy atom. The molecule has 2 aromatic heterocycles. The van der Waals surface area contributed by atoms with E-state index in [1.54, 1.807) is 36.7 Å². The molecule has 0 aromatic carbocycles. The summed E-state index contributed by atoms with van der Waals surface area (Å²) in [6.45, 7) is 4.59. The molecular weight excluding hydrogens is 260 g/mol. The van der Waals surface area contributed by atoms with Gasteiger partial charge >= 0.3 is 0 Å². The summed E-state index contributed by atoms with van der Waals surface area (Å²) in [5.74, 6) is 0.425. The molecule has 5 nitrogen and oxygen atoms in total. The topological polar surface area (TPSA) is 66.9 Å². The highest BCUT2D eigenvalue weighted by Crippen LogP contribution is 2.18. The second-order valence-electron chi connectivity index (χ2n) is 4.07. The van der Waals surface area contributed by atoms with E-state index in [1.165, 1.54) is 4.88 Å². The lowest BCUT2D eigenvalue weighted by atomic mass is 10.2. The van der Waals surface area contributed by atoms with Crippen molar-refractivity contribution in [3.8, 4) is 0 Å². The Kier molecular flexibility index (Phi) is 4.11. The van der Waals surface area contributed by atoms with Gasteiger partial charge in [-0.1, -0.05) is 0 Å². The number of aryl methyl sites for hydroxylation is 2. The number of carbonyl (C=O) groups excluding carboxylic acids is 1. The zero-order valence-corrected chi connectivity index (χ0v) is 12.0. The number of nitrogens with one attached hydrogen (secondary N) is 2. The standard InChI is InChI=1S/C13H16N4OS/c1-8-11(17-9(2)19-8)7-16-12-10(13(18)14-3)5-4-6-15-12/h4-6H,7H2,1-3H3,(H,14,18)(H,15,16). The number of aromatic nitrogens is 2. The molecule has 0 spiro atoms. The monoisotopic (exact) mass is 276 g/mol. The largest absolute Gasteiger partial charge is 0.364 e. The maximum Gasteiger partial charge on any atom is 0.254 e. The summed E-state index contributed by atoms with van der Waals surface area (Å²) in [5, 5.41) is 6.82. The Bertz CT molecular complexity index is 594. The van der Waals surface area contributed by atoms with E-state index < -0.39 is 0 Å². The predicted molar refractivity (Wildman–Crippen MR) is 76.5 cm³/mol. The van der Waals surface area contributed by atoms with Gasteiger partial charge in [-0.05, 0) is 26.0 Å². The predicted octanol–water partition coefficient (Wildman–Crippen LogP) is 2.13. The van der Waals surface area contributed by atoms with Crippen molar-refractivity contribution < 1.29 is 4.79 Å². The average Bonchev–Trinajstić information content (AvgIpc) is 2.74. The second-order valence-corrected chi connectivity index (χ2v) is 5.48. The summed E-state index contributed by atoms with van der Waals surface area (Å²) in [4.78, 5) is 21.5. The van der Waals surface area contributed by atoms with E-state index in [0.717, 1.165) is 10.7 Å². The van der Waals surface area contributed by atoms with Crippen LogP contribution in [0.3, 0.4) is 0 Å². The van der Waals surface area contributed by atoms with Crippen LogP contribution < -0.4 is 10.6 Å². The number of hydrogen-bond acceptors (Lipinski definition) is 5. The second kappa shape index (κ2) is 5.79. The fourth-order valence-corrected chi connectivity index (χ4v) is 2.60. The van der Waals surface area contributed by atoms with Crippen LogP contribution in [0.2, 0.25) is 0 Å². The van der Waals surface area contributed by atoms with Crippen LogP contribution in [0.15, 0.2) is 18.3 Å². The number of anilines is 1. The lowest BCUT2D eigenvalue weighted by molar-refractivity contribution is 0.0963. The third-order valence-electron chi connectivity index (χ3n) is 2.70. The normalized spacial score (nSPS) is 10.3. The minimum atomic E-state index is -0.151. The van der Waals surface area contributed by atoms with E-state index in [4.69, 9.17) is 0 Å². The minimum Gasteiger partial charge on any atom is -0.364 e. The number of rotatable bonds is 4. The Hall–Kier alpha value is -1.95. The van der Waals surface area contributed by atoms with Crippen LogP contribution in [0.25, 0.3) is 0 Å². The molecule has 0 aliphatic heterocycles. The van der Waals surface area contributed by atoms with Crippen LogP contribution in [0.4, 0.5) is 5.82 Å². The van der Waals surface area contributed by atoms with Gasteiger partial charge in [0.2, 0.25) is 0 Å². The van der Waals surface area contributed by atoms with Gasteiger partial charge in [0, 0.05) is 18.1 Å². The first-order valence-electron chi connectivity index (χ1n) is 5.95. The third kappa shape index (κ3) is 3.08. The van der Waals surface area contributed by atoms with Crippen LogP contribution in [0.1, 0.15) is 25.9 Å². The molecule has 0 saturated carbocycles. The van der Waals surface area contributed by atoms with E-state index in [9.17, 15) is 4.79 Å². The zero-order valence-electron chi connectivity index (χ0n) is 11.2. The lowest BCUT2D eigenvalue weighted by Crippen LogP contribution is -2.20. The van der Waals surface area contributed by atoms with Crippen molar-refractivity contribution in [3.63, 3.8) is 0 Å². The molecule has 0 unspecified atom stereocenters. The molecule has 2 rings (SSSR count). The quantitative estimate of drug-likeness (QED) is 0.897. The summed E-state index contributed by atoms with van der Waals surface area (Å²) in [5.41, 5.74) is 1.53. The molecule has 0 saturated heterocycles. The van der Waals surface area contributed by atoms with Crippen LogP contribution in [0, 0.1) is 13.8 Å². The van der Waals surface area contributed by atoms with Crippen LogP contribution in [-0.2, 0) is 6.54 Å². The van der Waals surface area contributed by atoms with E-state index >= 15 is 0 Å². The van der Waals surface area contributed by atoms with E-state index in [2.05, 4.69) is 20.6 Å². The van der Waals surface area contributed by atoms with Gasteiger partial charge < -0.3 is 10.6 Å². The molecule has 2 N–H and O–H groups in total. The van der Waals surface area contributed by atoms with Crippen LogP contribution >= 0.6 is 11.3 Å². The van der Waals surface area contributed by atoms with Gasteiger partial charge in [0.05, 0.1) is 22.8 Å². The number of thiazole rings is 1. The van der Waals surface area contributed by atoms with Crippen LogP contribution in [0.5, 0.6) is 0 Å². The first-order valence-corrected chi connectivity index (χ1v) is 6.77. The smallest absolute Gasteiger partial charge is 0.254 e. The fourth-order valence-electron chi connectivity index (χ4n) is 1.77. The average molecular weight is 276 g/mol. The molecule has 0 radical (unpaired) electrons. The zero-order chi connectivity index (χ0) is 13.8. The molecule has 1 amide bonds. The van der Waals surface area contributed by atoms with Crippen molar-refractivity contribution in [1.29, 1.82) is 0 Å². The fraction of sp³-hybridized carbons (Fsp3) is 0.308. The van der Waals surface area contributed by atoms with E-state index in [-0.39, 0.29) is 5.91 Å². The molecule has 6 heteroatoms. The maximum atomic E-state index is 11.7. The van der Waals surface area contributed by atoms with E-state index in [1.807, 2.05) is 13.8 Å². The highest BCUT2D eigenvalue weighted by Gasteiger charge is 2.11. The van der Waals surface area contributed by atoms with Gasteiger partial charge in [-0.25, -0.2) is 9.97 Å². The number of hydrogen-bond donors (Lipinski definition) is 2. The number of carbonyl (C=O) groups is 1. The molecule has 2 aromatic rings. The first-order chi connectivity index (χ1) is 9.11. The lowest BCUT2D eigenvalue weighted by Gasteiger charge is -2.09. The summed E-state index contributed by atoms with van der Waals surface area (Å²) in [7, 11) is 1.60. The molecule has 0 fully saturated rings. The van der Waals surface area contributed by atoms with Crippen molar-refractivity contribution in [2.24, 2.45) is 0 Å². The Morgan fingerprint density at radius 3 is 2.84 bits per heavy atom. The Balaban J connectivity index is 2.16. The molecular formula is C13H16N4OS. The van der Waals surface area contributed by atoms with E-state index in [0.29, 0.717) is 17.9 Å². The van der Waals surface area contributed by atoms with Crippen molar-refractivity contribution in [2.45, 2.75) is 20.4 Å². The highest BCUT2D eigenvalue weighted by atomic mass is 32.1. The van der Waals surface area contributed by atoms with Crippen molar-refractivity contribution >= 4 is 23.1 Å². The van der Waals surface area contributed by atoms with Gasteiger partial charge in [-0.3, -0.25) is 4.79 Å². The minimum absolute atomic E-state index is 0.151. The van der Waals surface area contributed by atoms with Crippen molar-refractivity contribution in [3.05, 3.63) is 39.5 Å². The van der Waals surface area contributed by atoms with Gasteiger partial charge in [-0.15, -0.1) is 11.3 Å².